The molecule has 1 fully saturated rings. The summed E-state index contributed by atoms with van der Waals surface area (Å²) < 4.78 is 0. The number of hydrogen-bond acceptors (Lipinski definition) is 5. The molecule has 0 aromatic heterocycles. The average Bonchev–Trinajstić information content (AvgIpc) is 2.76. The predicted octanol–water partition coefficient (Wildman–Crippen LogP) is 2.45. The van der Waals surface area contributed by atoms with Crippen LogP contribution in [0.2, 0.25) is 0 Å². The van der Waals surface area contributed by atoms with E-state index in [0.29, 0.717) is 13.1 Å². The highest BCUT2D eigenvalue weighted by Gasteiger charge is 2.23. The van der Waals surface area contributed by atoms with E-state index >= 15 is 0 Å². The van der Waals surface area contributed by atoms with Crippen molar-refractivity contribution >= 4 is 17.3 Å². The molecule has 1 aromatic carbocycles. The molecule has 1 aromatic rings. The fourth-order valence-corrected chi connectivity index (χ4v) is 2.58. The number of carbonyl (C=O) groups excluding carboxylic acids is 1. The van der Waals surface area contributed by atoms with Crippen LogP contribution in [0.25, 0.3) is 0 Å². The van der Waals surface area contributed by atoms with Crippen LogP contribution < -0.4 is 0 Å². The summed E-state index contributed by atoms with van der Waals surface area (Å²) in [4.78, 5) is 34.4. The van der Waals surface area contributed by atoms with E-state index in [-0.39, 0.29) is 29.3 Å². The molecule has 1 aliphatic rings. The lowest BCUT2D eigenvalue weighted by Crippen LogP contribution is -2.33. The van der Waals surface area contributed by atoms with E-state index < -0.39 is 9.85 Å². The number of carbonyl (C=O) groups is 1. The van der Waals surface area contributed by atoms with Crippen LogP contribution in [-0.2, 0) is 11.2 Å². The van der Waals surface area contributed by atoms with Crippen LogP contribution in [-0.4, -0.2) is 33.7 Å². The second-order valence-corrected chi connectivity index (χ2v) is 5.30. The number of benzene rings is 1. The number of amides is 1. The maximum absolute atomic E-state index is 12.3. The Morgan fingerprint density at radius 1 is 1.05 bits per heavy atom. The molecule has 1 saturated heterocycles. The zero-order valence-corrected chi connectivity index (χ0v) is 12.1. The fourth-order valence-electron chi connectivity index (χ4n) is 2.58. The molecule has 0 unspecified atom stereocenters. The van der Waals surface area contributed by atoms with Crippen LogP contribution in [0.3, 0.4) is 0 Å². The molecule has 8 heteroatoms. The highest BCUT2D eigenvalue weighted by molar-refractivity contribution is 5.80. The topological polar surface area (TPSA) is 107 Å². The molecule has 2 rings (SSSR count). The number of non-ortho nitro benzene ring substituents is 1. The van der Waals surface area contributed by atoms with Crippen LogP contribution in [0.5, 0.6) is 0 Å². The molecule has 22 heavy (non-hydrogen) atoms. The number of rotatable bonds is 4. The standard InChI is InChI=1S/C14H17N3O5/c18-14(15-7-3-1-2-4-8-15)9-11-5-6-12(16(19)20)10-13(11)17(21)22/h5-6,10H,1-4,7-9H2. The summed E-state index contributed by atoms with van der Waals surface area (Å²) in [5, 5.41) is 21.8. The predicted molar refractivity (Wildman–Crippen MR) is 78.5 cm³/mol. The Bertz CT molecular complexity index is 594. The van der Waals surface area contributed by atoms with E-state index in [2.05, 4.69) is 0 Å². The third-order valence-electron chi connectivity index (χ3n) is 3.78. The smallest absolute Gasteiger partial charge is 0.279 e. The van der Waals surface area contributed by atoms with Gasteiger partial charge in [0.2, 0.25) is 5.91 Å². The molecule has 0 spiro atoms. The van der Waals surface area contributed by atoms with E-state index in [1.54, 1.807) is 4.90 Å². The van der Waals surface area contributed by atoms with Crippen LogP contribution in [0.4, 0.5) is 11.4 Å². The van der Waals surface area contributed by atoms with Gasteiger partial charge in [-0.2, -0.15) is 0 Å². The molecule has 0 bridgehead atoms. The Morgan fingerprint density at radius 2 is 1.68 bits per heavy atom. The van der Waals surface area contributed by atoms with Crippen LogP contribution in [0, 0.1) is 20.2 Å². The zero-order chi connectivity index (χ0) is 16.1. The van der Waals surface area contributed by atoms with E-state index in [4.69, 9.17) is 0 Å². The summed E-state index contributed by atoms with van der Waals surface area (Å²) in [5.74, 6) is -0.168. The monoisotopic (exact) mass is 307 g/mol. The van der Waals surface area contributed by atoms with E-state index in [1.807, 2.05) is 0 Å². The Balaban J connectivity index is 2.19. The van der Waals surface area contributed by atoms with Gasteiger partial charge in [-0.25, -0.2) is 0 Å². The second kappa shape index (κ2) is 6.97. The van der Waals surface area contributed by atoms with Crippen molar-refractivity contribution in [3.8, 4) is 0 Å². The molecule has 0 saturated carbocycles. The van der Waals surface area contributed by atoms with Gasteiger partial charge in [0.25, 0.3) is 11.4 Å². The number of likely N-dealkylation sites (tertiary alicyclic amines) is 1. The minimum Gasteiger partial charge on any atom is -0.342 e. The largest absolute Gasteiger partial charge is 0.342 e. The molecule has 0 atom stereocenters. The molecule has 118 valence electrons. The number of hydrogen-bond donors (Lipinski definition) is 0. The molecule has 1 aliphatic heterocycles. The Hall–Kier alpha value is -2.51. The van der Waals surface area contributed by atoms with Gasteiger partial charge in [0.05, 0.1) is 22.3 Å². The number of nitrogens with zero attached hydrogens (tertiary/aromatic N) is 3. The molecule has 0 aliphatic carbocycles. The molecule has 8 nitrogen and oxygen atoms in total. The molecule has 1 heterocycles. The quantitative estimate of drug-likeness (QED) is 0.627. The SMILES string of the molecule is O=C(Cc1ccc([N+](=O)[O-])cc1[N+](=O)[O-])N1CCCCCC1. The maximum Gasteiger partial charge on any atom is 0.279 e. The van der Waals surface area contributed by atoms with Gasteiger partial charge in [-0.05, 0) is 18.9 Å². The summed E-state index contributed by atoms with van der Waals surface area (Å²) in [7, 11) is 0. The highest BCUT2D eigenvalue weighted by Crippen LogP contribution is 2.25. The average molecular weight is 307 g/mol. The van der Waals surface area contributed by atoms with Crippen LogP contribution >= 0.6 is 0 Å². The first kappa shape index (κ1) is 15.9. The minimum atomic E-state index is -0.687. The van der Waals surface area contributed by atoms with Gasteiger partial charge in [-0.1, -0.05) is 12.8 Å². The second-order valence-electron chi connectivity index (χ2n) is 5.30. The molecule has 0 radical (unpaired) electrons. The van der Waals surface area contributed by atoms with Crippen molar-refractivity contribution in [3.05, 3.63) is 44.0 Å². The number of nitro benzene ring substituents is 2. The lowest BCUT2D eigenvalue weighted by atomic mass is 10.1. The van der Waals surface area contributed by atoms with Crippen molar-refractivity contribution in [2.45, 2.75) is 32.1 Å². The zero-order valence-electron chi connectivity index (χ0n) is 12.1. The lowest BCUT2D eigenvalue weighted by Gasteiger charge is -2.20. The summed E-state index contributed by atoms with van der Waals surface area (Å²) in [6, 6.07) is 3.40. The fraction of sp³-hybridized carbons (Fsp3) is 0.500. The van der Waals surface area contributed by atoms with Gasteiger partial charge in [-0.15, -0.1) is 0 Å². The summed E-state index contributed by atoms with van der Waals surface area (Å²) in [6.45, 7) is 1.33. The van der Waals surface area contributed by atoms with Crippen molar-refractivity contribution in [2.24, 2.45) is 0 Å². The first-order chi connectivity index (χ1) is 10.5. The first-order valence-electron chi connectivity index (χ1n) is 7.18. The third-order valence-corrected chi connectivity index (χ3v) is 3.78. The number of nitro groups is 2. The van der Waals surface area contributed by atoms with Crippen LogP contribution in [0.1, 0.15) is 31.2 Å². The first-order valence-corrected chi connectivity index (χ1v) is 7.18. The van der Waals surface area contributed by atoms with E-state index in [0.717, 1.165) is 31.7 Å². The molecule has 1 amide bonds. The van der Waals surface area contributed by atoms with E-state index in [9.17, 15) is 25.0 Å². The molecule has 0 N–H and O–H groups in total. The van der Waals surface area contributed by atoms with Crippen molar-refractivity contribution in [3.63, 3.8) is 0 Å². The van der Waals surface area contributed by atoms with Crippen molar-refractivity contribution in [1.29, 1.82) is 0 Å². The summed E-state index contributed by atoms with van der Waals surface area (Å²) in [5.41, 5.74) is -0.514. The Morgan fingerprint density at radius 3 is 2.23 bits per heavy atom. The van der Waals surface area contributed by atoms with E-state index in [1.165, 1.54) is 12.1 Å². The van der Waals surface area contributed by atoms with Gasteiger partial charge in [-0.3, -0.25) is 25.0 Å². The van der Waals surface area contributed by atoms with Crippen molar-refractivity contribution < 1.29 is 14.6 Å². The maximum atomic E-state index is 12.3. The Kier molecular flexibility index (Phi) is 5.03. The molecular formula is C14H17N3O5. The third kappa shape index (κ3) is 3.78. The van der Waals surface area contributed by atoms with Gasteiger partial charge < -0.3 is 4.90 Å². The van der Waals surface area contributed by atoms with Crippen molar-refractivity contribution in [1.82, 2.24) is 4.90 Å². The highest BCUT2D eigenvalue weighted by atomic mass is 16.6. The molecular weight excluding hydrogens is 290 g/mol. The lowest BCUT2D eigenvalue weighted by molar-refractivity contribution is -0.394. The minimum absolute atomic E-state index is 0.103. The van der Waals surface area contributed by atoms with Crippen LogP contribution in [0.15, 0.2) is 18.2 Å². The van der Waals surface area contributed by atoms with Gasteiger partial charge in [0.15, 0.2) is 0 Å². The normalized spacial score (nSPS) is 15.2. The van der Waals surface area contributed by atoms with Crippen molar-refractivity contribution in [2.75, 3.05) is 13.1 Å². The summed E-state index contributed by atoms with van der Waals surface area (Å²) in [6.07, 6.45) is 3.94. The Labute approximate surface area is 127 Å². The van der Waals surface area contributed by atoms with Gasteiger partial charge in [0, 0.05) is 24.7 Å². The summed E-state index contributed by atoms with van der Waals surface area (Å²) >= 11 is 0. The van der Waals surface area contributed by atoms with Gasteiger partial charge >= 0.3 is 0 Å². The van der Waals surface area contributed by atoms with Gasteiger partial charge in [0.1, 0.15) is 0 Å².